The van der Waals surface area contributed by atoms with Crippen molar-refractivity contribution in [1.82, 2.24) is 9.55 Å². The van der Waals surface area contributed by atoms with E-state index in [0.717, 1.165) is 28.1 Å². The van der Waals surface area contributed by atoms with Crippen LogP contribution in [0.15, 0.2) is 152 Å². The second-order valence-electron chi connectivity index (χ2n) is 15.2. The Hall–Kier alpha value is -6.19. The molecule has 1 aromatic heterocycles. The van der Waals surface area contributed by atoms with Crippen LogP contribution >= 0.6 is 0 Å². The van der Waals surface area contributed by atoms with Crippen molar-refractivity contribution >= 4 is 55.7 Å². The molecule has 0 radical (unpaired) electrons. The lowest BCUT2D eigenvalue weighted by Gasteiger charge is -2.24. The summed E-state index contributed by atoms with van der Waals surface area (Å²) >= 11 is 0. The Balaban J connectivity index is 1.17. The normalized spacial score (nSPS) is 11.5. The number of rotatable bonds is 6. The molecule has 0 unspecified atom stereocenters. The zero-order valence-corrected chi connectivity index (χ0v) is 31.9. The number of imidazole rings is 1. The zero-order chi connectivity index (χ0) is 37.1. The van der Waals surface area contributed by atoms with Gasteiger partial charge in [0.25, 0.3) is 0 Å². The molecule has 0 aliphatic heterocycles. The van der Waals surface area contributed by atoms with Crippen molar-refractivity contribution in [2.75, 3.05) is 0 Å². The van der Waals surface area contributed by atoms with Crippen LogP contribution in [0, 0.1) is 41.5 Å². The van der Waals surface area contributed by atoms with Crippen LogP contribution in [0.2, 0.25) is 0 Å². The lowest BCUT2D eigenvalue weighted by atomic mass is 9.34. The second-order valence-corrected chi connectivity index (χ2v) is 15.2. The van der Waals surface area contributed by atoms with Gasteiger partial charge >= 0.3 is 0 Å². The van der Waals surface area contributed by atoms with E-state index in [1.165, 1.54) is 82.4 Å². The topological polar surface area (TPSA) is 17.8 Å². The van der Waals surface area contributed by atoms with Gasteiger partial charge in [0.15, 0.2) is 0 Å². The van der Waals surface area contributed by atoms with Crippen LogP contribution in [0.25, 0.3) is 60.8 Å². The van der Waals surface area contributed by atoms with Gasteiger partial charge in [-0.3, -0.25) is 4.57 Å². The Kier molecular flexibility index (Phi) is 8.31. The molecule has 0 N–H and O–H groups in total. The third-order valence-electron chi connectivity index (χ3n) is 11.3. The van der Waals surface area contributed by atoms with Crippen LogP contribution in [0.3, 0.4) is 0 Å². The minimum Gasteiger partial charge on any atom is -0.292 e. The minimum atomic E-state index is 0.152. The maximum atomic E-state index is 5.39. The Morgan fingerprint density at radius 1 is 0.426 bits per heavy atom. The molecule has 0 aliphatic carbocycles. The summed E-state index contributed by atoms with van der Waals surface area (Å²) in [6.07, 6.45) is 0. The summed E-state index contributed by atoms with van der Waals surface area (Å²) < 4.78 is 2.36. The van der Waals surface area contributed by atoms with Crippen LogP contribution in [0.1, 0.15) is 33.4 Å². The predicted octanol–water partition coefficient (Wildman–Crippen LogP) is 11.0. The summed E-state index contributed by atoms with van der Waals surface area (Å²) in [6.45, 7) is 13.6. The first-order valence-corrected chi connectivity index (χ1v) is 19.0. The molecule has 0 spiro atoms. The summed E-state index contributed by atoms with van der Waals surface area (Å²) in [7, 11) is 0. The SMILES string of the molecule is Cc1cc(C)c(B(c2ccc(-c3ccc(-n4c(-c5ccccc5)nc5c6ccccc6c6ccccc6c54)cc3)cc2)c2c(C)cc(C)cc2C)c(C)c1. The first kappa shape index (κ1) is 33.6. The van der Waals surface area contributed by atoms with E-state index in [1.807, 2.05) is 0 Å². The number of aromatic nitrogens is 2. The maximum absolute atomic E-state index is 5.39. The van der Waals surface area contributed by atoms with Crippen molar-refractivity contribution in [2.24, 2.45) is 0 Å². The predicted molar refractivity (Wildman–Crippen MR) is 233 cm³/mol. The standard InChI is InChI=1S/C51H43BN2/c1-32-28-34(3)47(35(4)29-32)52(48-36(5)30-33(2)31-37(48)6)41-24-20-38(21-25-41)39-22-26-42(27-23-39)54-50-46-19-13-11-17-44(46)43-16-10-12-18-45(43)49(50)53-51(54)40-14-8-7-9-15-40/h7-31H,1-6H3. The van der Waals surface area contributed by atoms with Crippen molar-refractivity contribution in [2.45, 2.75) is 41.5 Å². The monoisotopic (exact) mass is 694 g/mol. The lowest BCUT2D eigenvalue weighted by Crippen LogP contribution is -2.55. The molecule has 54 heavy (non-hydrogen) atoms. The number of hydrogen-bond donors (Lipinski definition) is 0. The van der Waals surface area contributed by atoms with Crippen molar-refractivity contribution in [3.05, 3.63) is 185 Å². The largest absolute Gasteiger partial charge is 0.292 e. The Labute approximate surface area is 318 Å². The van der Waals surface area contributed by atoms with E-state index < -0.39 is 0 Å². The van der Waals surface area contributed by atoms with Crippen molar-refractivity contribution in [3.63, 3.8) is 0 Å². The number of nitrogens with zero attached hydrogens (tertiary/aromatic N) is 2. The quantitative estimate of drug-likeness (QED) is 0.125. The summed E-state index contributed by atoms with van der Waals surface area (Å²) in [6, 6.07) is 55.6. The van der Waals surface area contributed by atoms with Gasteiger partial charge in [-0.2, -0.15) is 0 Å². The highest BCUT2D eigenvalue weighted by molar-refractivity contribution is 6.96. The number of aryl methyl sites for hydroxylation is 6. The lowest BCUT2D eigenvalue weighted by molar-refractivity contribution is 1.11. The van der Waals surface area contributed by atoms with E-state index in [0.29, 0.717) is 0 Å². The molecule has 0 aliphatic rings. The van der Waals surface area contributed by atoms with Gasteiger partial charge in [0, 0.05) is 22.0 Å². The minimum absolute atomic E-state index is 0.152. The highest BCUT2D eigenvalue weighted by Gasteiger charge is 2.28. The summed E-state index contributed by atoms with van der Waals surface area (Å²) in [5.41, 5.74) is 18.9. The second kappa shape index (κ2) is 13.3. The van der Waals surface area contributed by atoms with Gasteiger partial charge in [-0.15, -0.1) is 0 Å². The molecule has 9 aromatic rings. The average Bonchev–Trinajstić information content (AvgIpc) is 3.59. The van der Waals surface area contributed by atoms with Crippen molar-refractivity contribution in [1.29, 1.82) is 0 Å². The smallest absolute Gasteiger partial charge is 0.242 e. The van der Waals surface area contributed by atoms with E-state index in [-0.39, 0.29) is 6.71 Å². The average molecular weight is 695 g/mol. The zero-order valence-electron chi connectivity index (χ0n) is 31.9. The third kappa shape index (κ3) is 5.63. The maximum Gasteiger partial charge on any atom is 0.242 e. The Bertz CT molecular complexity index is 2760. The molecular formula is C51H43BN2. The first-order chi connectivity index (χ1) is 26.3. The van der Waals surface area contributed by atoms with E-state index >= 15 is 0 Å². The molecule has 9 rings (SSSR count). The van der Waals surface area contributed by atoms with Gasteiger partial charge in [0.1, 0.15) is 5.82 Å². The van der Waals surface area contributed by atoms with Crippen molar-refractivity contribution < 1.29 is 0 Å². The van der Waals surface area contributed by atoms with Gasteiger partial charge in [-0.1, -0.05) is 189 Å². The highest BCUT2D eigenvalue weighted by atomic mass is 15.1. The molecule has 3 heteroatoms. The fourth-order valence-corrected chi connectivity index (χ4v) is 9.18. The van der Waals surface area contributed by atoms with Gasteiger partial charge in [-0.25, -0.2) is 4.98 Å². The molecule has 0 saturated carbocycles. The Morgan fingerprint density at radius 3 is 1.41 bits per heavy atom. The number of hydrogen-bond acceptors (Lipinski definition) is 1. The highest BCUT2D eigenvalue weighted by Crippen LogP contribution is 2.39. The number of fused-ring (bicyclic) bond motifs is 6. The fraction of sp³-hybridized carbons (Fsp3) is 0.118. The van der Waals surface area contributed by atoms with E-state index in [4.69, 9.17) is 4.98 Å². The van der Waals surface area contributed by atoms with Crippen LogP contribution in [0.4, 0.5) is 0 Å². The molecule has 2 nitrogen and oxygen atoms in total. The van der Waals surface area contributed by atoms with E-state index in [2.05, 4.69) is 198 Å². The Morgan fingerprint density at radius 2 is 0.870 bits per heavy atom. The third-order valence-corrected chi connectivity index (χ3v) is 11.3. The van der Waals surface area contributed by atoms with Gasteiger partial charge in [-0.05, 0) is 75.6 Å². The number of benzene rings is 8. The summed E-state index contributed by atoms with van der Waals surface area (Å²) in [4.78, 5) is 5.39. The first-order valence-electron chi connectivity index (χ1n) is 19.0. The molecule has 0 amide bonds. The molecule has 0 fully saturated rings. The van der Waals surface area contributed by atoms with E-state index in [1.54, 1.807) is 0 Å². The van der Waals surface area contributed by atoms with Crippen molar-refractivity contribution in [3.8, 4) is 28.2 Å². The summed E-state index contributed by atoms with van der Waals surface area (Å²) in [5.74, 6) is 0.943. The van der Waals surface area contributed by atoms with E-state index in [9.17, 15) is 0 Å². The molecule has 1 heterocycles. The molecular weight excluding hydrogens is 651 g/mol. The molecule has 8 aromatic carbocycles. The van der Waals surface area contributed by atoms with Gasteiger partial charge < -0.3 is 0 Å². The van der Waals surface area contributed by atoms with Crippen LogP contribution in [0.5, 0.6) is 0 Å². The fourth-order valence-electron chi connectivity index (χ4n) is 9.18. The van der Waals surface area contributed by atoms with Gasteiger partial charge in [0.05, 0.1) is 11.0 Å². The molecule has 260 valence electrons. The van der Waals surface area contributed by atoms with Crippen LogP contribution in [-0.4, -0.2) is 16.3 Å². The van der Waals surface area contributed by atoms with Gasteiger partial charge in [0.2, 0.25) is 6.71 Å². The van der Waals surface area contributed by atoms with Crippen LogP contribution < -0.4 is 16.4 Å². The molecule has 0 bridgehead atoms. The molecule has 0 saturated heterocycles. The molecule has 0 atom stereocenters. The summed E-state index contributed by atoms with van der Waals surface area (Å²) in [5, 5.41) is 4.84. The van der Waals surface area contributed by atoms with Crippen LogP contribution in [-0.2, 0) is 0 Å².